The fourth-order valence-electron chi connectivity index (χ4n) is 3.69. The van der Waals surface area contributed by atoms with Crippen LogP contribution < -0.4 is 5.32 Å². The van der Waals surface area contributed by atoms with Gasteiger partial charge in [0.05, 0.1) is 4.90 Å². The van der Waals surface area contributed by atoms with Crippen LogP contribution in [0.25, 0.3) is 0 Å². The molecule has 2 aromatic rings. The van der Waals surface area contributed by atoms with Crippen LogP contribution in [0.2, 0.25) is 0 Å². The smallest absolute Gasteiger partial charge is 0.243 e. The summed E-state index contributed by atoms with van der Waals surface area (Å²) in [6, 6.07) is 15.4. The number of aryl methyl sites for hydroxylation is 1. The van der Waals surface area contributed by atoms with E-state index < -0.39 is 10.0 Å². The van der Waals surface area contributed by atoms with E-state index >= 15 is 0 Å². The Morgan fingerprint density at radius 3 is 2.00 bits per heavy atom. The number of amides is 2. The number of nitrogens with zero attached hydrogens (tertiary/aromatic N) is 2. The number of sulfonamides is 1. The summed E-state index contributed by atoms with van der Waals surface area (Å²) in [7, 11) is -3.45. The molecule has 3 rings (SSSR count). The topological polar surface area (TPSA) is 86.8 Å². The molecule has 1 aliphatic rings. The van der Waals surface area contributed by atoms with E-state index in [1.165, 1.54) is 16.8 Å². The van der Waals surface area contributed by atoms with E-state index in [9.17, 15) is 18.0 Å². The van der Waals surface area contributed by atoms with Crippen molar-refractivity contribution < 1.29 is 18.0 Å². The second-order valence-corrected chi connectivity index (χ2v) is 10.6. The molecule has 1 fully saturated rings. The van der Waals surface area contributed by atoms with Gasteiger partial charge in [-0.15, -0.1) is 0 Å². The molecule has 0 radical (unpaired) electrons. The van der Waals surface area contributed by atoms with Gasteiger partial charge in [-0.2, -0.15) is 4.31 Å². The second kappa shape index (κ2) is 13.2. The van der Waals surface area contributed by atoms with Crippen LogP contribution in [0.4, 0.5) is 0 Å². The van der Waals surface area contributed by atoms with Crippen molar-refractivity contribution >= 4 is 22.3 Å². The lowest BCUT2D eigenvalue weighted by Gasteiger charge is -2.33. The molecule has 8 heteroatoms. The number of carbonyl (C=O) groups excluding carboxylic acids is 2. The average Bonchev–Trinajstić information content (AvgIpc) is 2.84. The predicted octanol–water partition coefficient (Wildman–Crippen LogP) is 3.55. The molecule has 1 heterocycles. The molecule has 0 aromatic heterocycles. The van der Waals surface area contributed by atoms with Crippen molar-refractivity contribution in [3.63, 3.8) is 0 Å². The SMILES string of the molecule is CC(C)c1ccc(CNC=O)cc1.CCCc1ccc(S(=O)(=O)N2CCN(C(C)=O)CC2)cc1. The Bertz CT molecular complexity index is 1010. The van der Waals surface area contributed by atoms with E-state index in [0.29, 0.717) is 43.5 Å². The van der Waals surface area contributed by atoms with Gasteiger partial charge in [0.25, 0.3) is 0 Å². The first-order chi connectivity index (χ1) is 16.2. The molecule has 186 valence electrons. The monoisotopic (exact) mass is 487 g/mol. The van der Waals surface area contributed by atoms with Gasteiger partial charge in [0.2, 0.25) is 22.3 Å². The van der Waals surface area contributed by atoms with Gasteiger partial charge in [-0.3, -0.25) is 9.59 Å². The summed E-state index contributed by atoms with van der Waals surface area (Å²) in [4.78, 5) is 23.3. The van der Waals surface area contributed by atoms with Crippen molar-refractivity contribution in [3.05, 3.63) is 65.2 Å². The third kappa shape index (κ3) is 7.95. The van der Waals surface area contributed by atoms with Gasteiger partial charge in [0.1, 0.15) is 0 Å². The van der Waals surface area contributed by atoms with Crippen LogP contribution in [0.5, 0.6) is 0 Å². The molecule has 0 aliphatic carbocycles. The molecule has 1 N–H and O–H groups in total. The van der Waals surface area contributed by atoms with Gasteiger partial charge in [-0.1, -0.05) is 63.6 Å². The highest BCUT2D eigenvalue weighted by Crippen LogP contribution is 2.19. The molecule has 0 spiro atoms. The fourth-order valence-corrected chi connectivity index (χ4v) is 5.11. The number of nitrogens with one attached hydrogen (secondary N) is 1. The predicted molar refractivity (Wildman–Crippen MR) is 135 cm³/mol. The zero-order valence-corrected chi connectivity index (χ0v) is 21.5. The highest BCUT2D eigenvalue weighted by atomic mass is 32.2. The quantitative estimate of drug-likeness (QED) is 0.577. The summed E-state index contributed by atoms with van der Waals surface area (Å²) in [6.45, 7) is 10.2. The average molecular weight is 488 g/mol. The Balaban J connectivity index is 0.000000270. The van der Waals surface area contributed by atoms with Crippen LogP contribution in [0.1, 0.15) is 56.7 Å². The minimum atomic E-state index is -3.45. The lowest BCUT2D eigenvalue weighted by molar-refractivity contribution is -0.130. The van der Waals surface area contributed by atoms with Gasteiger partial charge < -0.3 is 10.2 Å². The summed E-state index contributed by atoms with van der Waals surface area (Å²) >= 11 is 0. The summed E-state index contributed by atoms with van der Waals surface area (Å²) in [5.74, 6) is 0.559. The Labute approximate surface area is 204 Å². The number of rotatable bonds is 8. The van der Waals surface area contributed by atoms with Crippen molar-refractivity contribution in [2.24, 2.45) is 0 Å². The lowest BCUT2D eigenvalue weighted by atomic mass is 10.0. The standard InChI is InChI=1S/C15H22N2O3S.C11H15NO/c1-3-4-14-5-7-15(8-6-14)21(19,20)17-11-9-16(10-12-17)13(2)18;1-9(2)11-5-3-10(4-6-11)7-12-8-13/h5-8H,3-4,9-12H2,1-2H3;3-6,8-9H,7H2,1-2H3,(H,12,13). The molecule has 1 aliphatic heterocycles. The Morgan fingerprint density at radius 2 is 1.53 bits per heavy atom. The maximum atomic E-state index is 12.6. The number of hydrogen-bond donors (Lipinski definition) is 1. The van der Waals surface area contributed by atoms with Gasteiger partial charge >= 0.3 is 0 Å². The van der Waals surface area contributed by atoms with Crippen LogP contribution in [0.3, 0.4) is 0 Å². The maximum Gasteiger partial charge on any atom is 0.243 e. The number of benzene rings is 2. The van der Waals surface area contributed by atoms with Crippen molar-refractivity contribution in [2.75, 3.05) is 26.2 Å². The van der Waals surface area contributed by atoms with Gasteiger partial charge in [-0.05, 0) is 41.2 Å². The highest BCUT2D eigenvalue weighted by Gasteiger charge is 2.29. The van der Waals surface area contributed by atoms with Crippen LogP contribution >= 0.6 is 0 Å². The summed E-state index contributed by atoms with van der Waals surface area (Å²) < 4.78 is 26.6. The molecule has 1 saturated heterocycles. The van der Waals surface area contributed by atoms with Gasteiger partial charge in [-0.25, -0.2) is 8.42 Å². The molecule has 2 aromatic carbocycles. The molecule has 0 unspecified atom stereocenters. The zero-order valence-electron chi connectivity index (χ0n) is 20.7. The van der Waals surface area contributed by atoms with Crippen molar-refractivity contribution in [3.8, 4) is 0 Å². The van der Waals surface area contributed by atoms with Crippen LogP contribution in [-0.4, -0.2) is 56.1 Å². The maximum absolute atomic E-state index is 12.6. The molecular weight excluding hydrogens is 450 g/mol. The minimum Gasteiger partial charge on any atom is -0.355 e. The van der Waals surface area contributed by atoms with Gasteiger partial charge in [0, 0.05) is 39.6 Å². The molecule has 2 amide bonds. The molecule has 7 nitrogen and oxygen atoms in total. The minimum absolute atomic E-state index is 0.00373. The molecule has 34 heavy (non-hydrogen) atoms. The van der Waals surface area contributed by atoms with Crippen molar-refractivity contribution in [1.82, 2.24) is 14.5 Å². The second-order valence-electron chi connectivity index (χ2n) is 8.70. The van der Waals surface area contributed by atoms with Crippen LogP contribution in [0, 0.1) is 0 Å². The third-order valence-corrected chi connectivity index (χ3v) is 7.73. The first-order valence-corrected chi connectivity index (χ1v) is 13.2. The van der Waals surface area contributed by atoms with E-state index in [-0.39, 0.29) is 5.91 Å². The zero-order chi connectivity index (χ0) is 25.1. The summed E-state index contributed by atoms with van der Waals surface area (Å²) in [5.41, 5.74) is 3.62. The van der Waals surface area contributed by atoms with E-state index in [1.807, 2.05) is 24.3 Å². The summed E-state index contributed by atoms with van der Waals surface area (Å²) in [6.07, 6.45) is 2.72. The van der Waals surface area contributed by atoms with Crippen molar-refractivity contribution in [1.29, 1.82) is 0 Å². The molecule has 0 saturated carbocycles. The van der Waals surface area contributed by atoms with Gasteiger partial charge in [0.15, 0.2) is 0 Å². The number of hydrogen-bond acceptors (Lipinski definition) is 4. The normalized spacial score (nSPS) is 14.3. The Hall–Kier alpha value is -2.71. The Morgan fingerprint density at radius 1 is 0.971 bits per heavy atom. The summed E-state index contributed by atoms with van der Waals surface area (Å²) in [5, 5.41) is 2.63. The third-order valence-electron chi connectivity index (χ3n) is 5.82. The van der Waals surface area contributed by atoms with E-state index in [1.54, 1.807) is 17.0 Å². The molecule has 0 atom stereocenters. The van der Waals surface area contributed by atoms with Crippen molar-refractivity contribution in [2.45, 2.75) is 57.9 Å². The van der Waals surface area contributed by atoms with E-state index in [2.05, 4.69) is 38.2 Å². The molecular formula is C26H37N3O4S. The highest BCUT2D eigenvalue weighted by molar-refractivity contribution is 7.89. The number of carbonyl (C=O) groups is 2. The van der Waals surface area contributed by atoms with Crippen LogP contribution in [0.15, 0.2) is 53.4 Å². The first-order valence-electron chi connectivity index (χ1n) is 11.8. The first kappa shape index (κ1) is 27.5. The fraction of sp³-hybridized carbons (Fsp3) is 0.462. The van der Waals surface area contributed by atoms with E-state index in [0.717, 1.165) is 30.4 Å². The largest absolute Gasteiger partial charge is 0.355 e. The Kier molecular flexibility index (Phi) is 10.7. The van der Waals surface area contributed by atoms with E-state index in [4.69, 9.17) is 0 Å². The molecule has 0 bridgehead atoms. The van der Waals surface area contributed by atoms with Crippen LogP contribution in [-0.2, 0) is 32.6 Å². The lowest BCUT2D eigenvalue weighted by Crippen LogP contribution is -2.49. The number of piperazine rings is 1.